The summed E-state index contributed by atoms with van der Waals surface area (Å²) in [7, 11) is 0. The van der Waals surface area contributed by atoms with Crippen LogP contribution in [-0.2, 0) is 9.47 Å². The van der Waals surface area contributed by atoms with E-state index in [0.717, 1.165) is 18.8 Å². The van der Waals surface area contributed by atoms with Crippen molar-refractivity contribution in [3.8, 4) is 0 Å². The Labute approximate surface area is 99.5 Å². The van der Waals surface area contributed by atoms with E-state index in [2.05, 4.69) is 13.8 Å². The van der Waals surface area contributed by atoms with Gasteiger partial charge in [0.05, 0.1) is 13.2 Å². The summed E-state index contributed by atoms with van der Waals surface area (Å²) < 4.78 is 9.83. The van der Waals surface area contributed by atoms with E-state index in [9.17, 15) is 4.79 Å². The van der Waals surface area contributed by atoms with E-state index in [-0.39, 0.29) is 0 Å². The van der Waals surface area contributed by atoms with E-state index < -0.39 is 6.16 Å². The van der Waals surface area contributed by atoms with Crippen molar-refractivity contribution in [3.63, 3.8) is 0 Å². The van der Waals surface area contributed by atoms with Crippen LogP contribution >= 0.6 is 0 Å². The van der Waals surface area contributed by atoms with E-state index in [4.69, 9.17) is 9.47 Å². The molecule has 3 heteroatoms. The van der Waals surface area contributed by atoms with Crippen LogP contribution < -0.4 is 0 Å². The first-order chi connectivity index (χ1) is 7.52. The van der Waals surface area contributed by atoms with Gasteiger partial charge in [0, 0.05) is 0 Å². The highest BCUT2D eigenvalue weighted by atomic mass is 16.7. The number of ether oxygens (including phenoxy) is 2. The molecule has 0 aliphatic rings. The van der Waals surface area contributed by atoms with Gasteiger partial charge in [-0.05, 0) is 18.3 Å². The largest absolute Gasteiger partial charge is 0.508 e. The first-order valence-electron chi connectivity index (χ1n) is 6.32. The Balaban J connectivity index is 3.21. The molecule has 0 fully saturated rings. The van der Waals surface area contributed by atoms with Crippen molar-refractivity contribution in [1.82, 2.24) is 0 Å². The Morgan fingerprint density at radius 2 is 1.62 bits per heavy atom. The van der Waals surface area contributed by atoms with Crippen LogP contribution in [0.2, 0.25) is 0 Å². The summed E-state index contributed by atoms with van der Waals surface area (Å²) in [5, 5.41) is 0. The van der Waals surface area contributed by atoms with Gasteiger partial charge >= 0.3 is 6.16 Å². The monoisotopic (exact) mass is 230 g/mol. The summed E-state index contributed by atoms with van der Waals surface area (Å²) in [6.07, 6.45) is 3.98. The molecule has 0 N–H and O–H groups in total. The molecule has 0 unspecified atom stereocenters. The number of carbonyl (C=O) groups excluding carboxylic acids is 1. The summed E-state index contributed by atoms with van der Waals surface area (Å²) >= 11 is 0. The second-order valence-corrected chi connectivity index (χ2v) is 5.05. The van der Waals surface area contributed by atoms with Crippen molar-refractivity contribution in [2.45, 2.75) is 53.4 Å². The minimum atomic E-state index is -0.530. The molecule has 0 saturated carbocycles. The van der Waals surface area contributed by atoms with Gasteiger partial charge in [-0.25, -0.2) is 4.79 Å². The molecule has 0 aromatic heterocycles. The van der Waals surface area contributed by atoms with Crippen molar-refractivity contribution < 1.29 is 14.3 Å². The predicted octanol–water partition coefficient (Wildman–Crippen LogP) is 4.01. The van der Waals surface area contributed by atoms with Crippen LogP contribution in [0.5, 0.6) is 0 Å². The molecular formula is C13H26O3. The van der Waals surface area contributed by atoms with Crippen LogP contribution in [0, 0.1) is 11.8 Å². The van der Waals surface area contributed by atoms with Crippen LogP contribution in [0.4, 0.5) is 4.79 Å². The smallest absolute Gasteiger partial charge is 0.434 e. The second kappa shape index (κ2) is 9.49. The summed E-state index contributed by atoms with van der Waals surface area (Å²) in [6, 6.07) is 0. The standard InChI is InChI=1S/C13H26O3/c1-11(2)8-6-5-7-9-15-13(14)16-10-12(3)4/h11-12H,5-10H2,1-4H3. The number of rotatable bonds is 8. The van der Waals surface area contributed by atoms with Crippen LogP contribution in [0.15, 0.2) is 0 Å². The second-order valence-electron chi connectivity index (χ2n) is 5.05. The molecule has 0 atom stereocenters. The normalized spacial score (nSPS) is 10.9. The highest BCUT2D eigenvalue weighted by Crippen LogP contribution is 2.08. The van der Waals surface area contributed by atoms with Crippen molar-refractivity contribution in [3.05, 3.63) is 0 Å². The Kier molecular flexibility index (Phi) is 9.06. The van der Waals surface area contributed by atoms with Gasteiger partial charge in [0.25, 0.3) is 0 Å². The van der Waals surface area contributed by atoms with Gasteiger partial charge in [0.15, 0.2) is 0 Å². The van der Waals surface area contributed by atoms with Gasteiger partial charge in [0.1, 0.15) is 0 Å². The highest BCUT2D eigenvalue weighted by Gasteiger charge is 2.04. The molecule has 0 saturated heterocycles. The molecule has 16 heavy (non-hydrogen) atoms. The Morgan fingerprint density at radius 3 is 2.19 bits per heavy atom. The first kappa shape index (κ1) is 15.3. The zero-order chi connectivity index (χ0) is 12.4. The number of hydrogen-bond acceptors (Lipinski definition) is 3. The molecule has 0 amide bonds. The zero-order valence-electron chi connectivity index (χ0n) is 11.1. The number of carbonyl (C=O) groups is 1. The average Bonchev–Trinajstić information content (AvgIpc) is 2.19. The third kappa shape index (κ3) is 11.3. The van der Waals surface area contributed by atoms with Gasteiger partial charge < -0.3 is 9.47 Å². The lowest BCUT2D eigenvalue weighted by Crippen LogP contribution is -2.12. The molecule has 3 nitrogen and oxygen atoms in total. The fraction of sp³-hybridized carbons (Fsp3) is 0.923. The summed E-state index contributed by atoms with van der Waals surface area (Å²) in [4.78, 5) is 11.0. The third-order valence-electron chi connectivity index (χ3n) is 2.18. The SMILES string of the molecule is CC(C)CCCCCOC(=O)OCC(C)C. The minimum Gasteiger partial charge on any atom is -0.434 e. The molecule has 96 valence electrons. The van der Waals surface area contributed by atoms with Gasteiger partial charge in [-0.1, -0.05) is 47.0 Å². The van der Waals surface area contributed by atoms with E-state index in [1.807, 2.05) is 13.8 Å². The van der Waals surface area contributed by atoms with Crippen molar-refractivity contribution in [1.29, 1.82) is 0 Å². The fourth-order valence-corrected chi connectivity index (χ4v) is 1.26. The summed E-state index contributed by atoms with van der Waals surface area (Å²) in [5.74, 6) is 1.12. The summed E-state index contributed by atoms with van der Waals surface area (Å²) in [5.41, 5.74) is 0. The van der Waals surface area contributed by atoms with Crippen molar-refractivity contribution in [2.75, 3.05) is 13.2 Å². The van der Waals surface area contributed by atoms with Crippen molar-refractivity contribution in [2.24, 2.45) is 11.8 Å². The molecule has 0 rings (SSSR count). The number of unbranched alkanes of at least 4 members (excludes halogenated alkanes) is 2. The van der Waals surface area contributed by atoms with Crippen molar-refractivity contribution >= 4 is 6.16 Å². The molecule has 0 bridgehead atoms. The lowest BCUT2D eigenvalue weighted by Gasteiger charge is -2.08. The lowest BCUT2D eigenvalue weighted by atomic mass is 10.1. The quantitative estimate of drug-likeness (QED) is 0.467. The summed E-state index contributed by atoms with van der Waals surface area (Å²) in [6.45, 7) is 9.36. The highest BCUT2D eigenvalue weighted by molar-refractivity contribution is 5.59. The third-order valence-corrected chi connectivity index (χ3v) is 2.18. The van der Waals surface area contributed by atoms with E-state index in [0.29, 0.717) is 19.1 Å². The van der Waals surface area contributed by atoms with Crippen LogP contribution in [0.1, 0.15) is 53.4 Å². The van der Waals surface area contributed by atoms with Gasteiger partial charge in [0.2, 0.25) is 0 Å². The topological polar surface area (TPSA) is 35.5 Å². The van der Waals surface area contributed by atoms with Gasteiger partial charge in [-0.2, -0.15) is 0 Å². The maximum absolute atomic E-state index is 11.0. The molecule has 0 aromatic carbocycles. The molecule has 0 spiro atoms. The maximum Gasteiger partial charge on any atom is 0.508 e. The predicted molar refractivity (Wildman–Crippen MR) is 65.4 cm³/mol. The maximum atomic E-state index is 11.0. The van der Waals surface area contributed by atoms with Gasteiger partial charge in [-0.3, -0.25) is 0 Å². The average molecular weight is 230 g/mol. The molecular weight excluding hydrogens is 204 g/mol. The van der Waals surface area contributed by atoms with E-state index in [1.54, 1.807) is 0 Å². The Bertz CT molecular complexity index is 176. The molecule has 0 heterocycles. The molecule has 0 aliphatic heterocycles. The van der Waals surface area contributed by atoms with Crippen LogP contribution in [0.3, 0.4) is 0 Å². The number of hydrogen-bond donors (Lipinski definition) is 0. The zero-order valence-corrected chi connectivity index (χ0v) is 11.1. The van der Waals surface area contributed by atoms with Gasteiger partial charge in [-0.15, -0.1) is 0 Å². The molecule has 0 aliphatic carbocycles. The first-order valence-corrected chi connectivity index (χ1v) is 6.32. The fourth-order valence-electron chi connectivity index (χ4n) is 1.26. The molecule has 0 aromatic rings. The van der Waals surface area contributed by atoms with Crippen LogP contribution in [-0.4, -0.2) is 19.4 Å². The van der Waals surface area contributed by atoms with Crippen LogP contribution in [0.25, 0.3) is 0 Å². The Morgan fingerprint density at radius 1 is 0.938 bits per heavy atom. The van der Waals surface area contributed by atoms with E-state index in [1.165, 1.54) is 12.8 Å². The Hall–Kier alpha value is -0.730. The lowest BCUT2D eigenvalue weighted by molar-refractivity contribution is 0.0464. The molecule has 0 radical (unpaired) electrons. The minimum absolute atomic E-state index is 0.360. The van der Waals surface area contributed by atoms with E-state index >= 15 is 0 Å².